The van der Waals surface area contributed by atoms with Gasteiger partial charge >= 0.3 is 0 Å². The first-order valence-corrected chi connectivity index (χ1v) is 9.28. The van der Waals surface area contributed by atoms with Gasteiger partial charge in [0.05, 0.1) is 6.54 Å². The third-order valence-electron chi connectivity index (χ3n) is 5.05. The number of hydrogen-bond acceptors (Lipinski definition) is 2. The van der Waals surface area contributed by atoms with Crippen LogP contribution >= 0.6 is 0 Å². The maximum Gasteiger partial charge on any atom is 0.191 e. The molecule has 24 heavy (non-hydrogen) atoms. The third kappa shape index (κ3) is 4.69. The van der Waals surface area contributed by atoms with Gasteiger partial charge in [-0.2, -0.15) is 0 Å². The summed E-state index contributed by atoms with van der Waals surface area (Å²) < 4.78 is 13.3. The van der Waals surface area contributed by atoms with E-state index < -0.39 is 0 Å². The van der Waals surface area contributed by atoms with Crippen LogP contribution in [-0.4, -0.2) is 42.6 Å². The van der Waals surface area contributed by atoms with Crippen LogP contribution in [0.15, 0.2) is 29.3 Å². The lowest BCUT2D eigenvalue weighted by atomic mass is 10.2. The Bertz CT molecular complexity index is 554. The van der Waals surface area contributed by atoms with E-state index in [1.54, 1.807) is 12.1 Å². The predicted molar refractivity (Wildman–Crippen MR) is 96.6 cm³/mol. The topological polar surface area (TPSA) is 39.7 Å². The number of rotatable bonds is 5. The molecule has 0 bridgehead atoms. The Morgan fingerprint density at radius 2 is 2.12 bits per heavy atom. The average molecular weight is 332 g/mol. The quantitative estimate of drug-likeness (QED) is 0.643. The van der Waals surface area contributed by atoms with Gasteiger partial charge in [-0.3, -0.25) is 4.90 Å². The summed E-state index contributed by atoms with van der Waals surface area (Å²) in [5.74, 6) is 0.628. The van der Waals surface area contributed by atoms with Crippen LogP contribution in [0.1, 0.15) is 44.6 Å². The van der Waals surface area contributed by atoms with Crippen molar-refractivity contribution in [1.29, 1.82) is 0 Å². The molecule has 0 aromatic heterocycles. The molecule has 0 spiro atoms. The summed E-state index contributed by atoms with van der Waals surface area (Å²) in [7, 11) is 0. The number of halogens is 1. The van der Waals surface area contributed by atoms with E-state index in [0.29, 0.717) is 12.6 Å². The highest BCUT2D eigenvalue weighted by atomic mass is 19.1. The molecular formula is C19H29FN4. The van der Waals surface area contributed by atoms with Crippen LogP contribution in [-0.2, 0) is 6.54 Å². The molecule has 2 fully saturated rings. The predicted octanol–water partition coefficient (Wildman–Crippen LogP) is 2.90. The minimum Gasteiger partial charge on any atom is -0.357 e. The number of guanidine groups is 1. The molecule has 1 saturated carbocycles. The van der Waals surface area contributed by atoms with Gasteiger partial charge in [-0.15, -0.1) is 0 Å². The molecule has 2 N–H and O–H groups in total. The second-order valence-corrected chi connectivity index (χ2v) is 6.89. The molecule has 2 aliphatic rings. The largest absolute Gasteiger partial charge is 0.357 e. The first-order chi connectivity index (χ1) is 11.7. The van der Waals surface area contributed by atoms with Crippen molar-refractivity contribution in [1.82, 2.24) is 15.5 Å². The molecule has 132 valence electrons. The van der Waals surface area contributed by atoms with Crippen LogP contribution in [0, 0.1) is 5.82 Å². The fourth-order valence-corrected chi connectivity index (χ4v) is 3.83. The summed E-state index contributed by atoms with van der Waals surface area (Å²) in [4.78, 5) is 7.26. The van der Waals surface area contributed by atoms with E-state index in [0.717, 1.165) is 30.7 Å². The van der Waals surface area contributed by atoms with Crippen molar-refractivity contribution in [2.45, 2.75) is 57.7 Å². The Hall–Kier alpha value is -1.62. The maximum atomic E-state index is 13.3. The molecule has 1 heterocycles. The van der Waals surface area contributed by atoms with E-state index in [4.69, 9.17) is 0 Å². The van der Waals surface area contributed by atoms with Crippen molar-refractivity contribution in [3.8, 4) is 0 Å². The molecule has 1 aliphatic heterocycles. The lowest BCUT2D eigenvalue weighted by Gasteiger charge is -2.24. The van der Waals surface area contributed by atoms with Gasteiger partial charge in [0.25, 0.3) is 0 Å². The Balaban J connectivity index is 1.54. The van der Waals surface area contributed by atoms with E-state index in [1.807, 2.05) is 6.07 Å². The van der Waals surface area contributed by atoms with E-state index in [1.165, 1.54) is 44.7 Å². The van der Waals surface area contributed by atoms with Gasteiger partial charge in [0, 0.05) is 31.7 Å². The number of nitrogens with zero attached hydrogens (tertiary/aromatic N) is 2. The minimum atomic E-state index is -0.205. The van der Waals surface area contributed by atoms with E-state index in [-0.39, 0.29) is 5.82 Å². The molecule has 1 aromatic carbocycles. The fourth-order valence-electron chi connectivity index (χ4n) is 3.83. The summed E-state index contributed by atoms with van der Waals surface area (Å²) in [6.07, 6.45) is 6.66. The number of likely N-dealkylation sites (tertiary alicyclic amines) is 1. The second kappa shape index (κ2) is 8.47. The highest BCUT2D eigenvalue weighted by Gasteiger charge is 2.30. The zero-order chi connectivity index (χ0) is 16.8. The van der Waals surface area contributed by atoms with Crippen molar-refractivity contribution in [2.75, 3.05) is 19.6 Å². The lowest BCUT2D eigenvalue weighted by Crippen LogP contribution is -2.45. The Morgan fingerprint density at radius 3 is 2.88 bits per heavy atom. The van der Waals surface area contributed by atoms with Crippen LogP contribution in [0.5, 0.6) is 0 Å². The normalized spacial score (nSPS) is 22.9. The second-order valence-electron chi connectivity index (χ2n) is 6.89. The van der Waals surface area contributed by atoms with Crippen LogP contribution in [0.2, 0.25) is 0 Å². The van der Waals surface area contributed by atoms with Crippen molar-refractivity contribution < 1.29 is 4.39 Å². The van der Waals surface area contributed by atoms with Crippen molar-refractivity contribution in [3.05, 3.63) is 35.6 Å². The van der Waals surface area contributed by atoms with Crippen LogP contribution in [0.4, 0.5) is 4.39 Å². The summed E-state index contributed by atoms with van der Waals surface area (Å²) in [5.41, 5.74) is 0.895. The molecule has 3 rings (SSSR count). The van der Waals surface area contributed by atoms with Crippen molar-refractivity contribution >= 4 is 5.96 Å². The smallest absolute Gasteiger partial charge is 0.191 e. The molecule has 0 radical (unpaired) electrons. The lowest BCUT2D eigenvalue weighted by molar-refractivity contribution is 0.242. The zero-order valence-electron chi connectivity index (χ0n) is 14.6. The van der Waals surface area contributed by atoms with E-state index in [9.17, 15) is 4.39 Å². The van der Waals surface area contributed by atoms with E-state index >= 15 is 0 Å². The molecule has 5 heteroatoms. The van der Waals surface area contributed by atoms with Crippen LogP contribution in [0.3, 0.4) is 0 Å². The Morgan fingerprint density at radius 1 is 1.29 bits per heavy atom. The monoisotopic (exact) mass is 332 g/mol. The summed E-state index contributed by atoms with van der Waals surface area (Å²) in [5, 5.41) is 6.86. The molecule has 0 amide bonds. The van der Waals surface area contributed by atoms with Crippen LogP contribution in [0.25, 0.3) is 0 Å². The van der Waals surface area contributed by atoms with Gasteiger partial charge in [-0.1, -0.05) is 25.0 Å². The molecule has 4 nitrogen and oxygen atoms in total. The fraction of sp³-hybridized carbons (Fsp3) is 0.632. The number of benzene rings is 1. The zero-order valence-corrected chi connectivity index (χ0v) is 14.6. The summed E-state index contributed by atoms with van der Waals surface area (Å²) in [6.45, 7) is 5.68. The van der Waals surface area contributed by atoms with Gasteiger partial charge in [0.2, 0.25) is 0 Å². The Kier molecular flexibility index (Phi) is 6.07. The summed E-state index contributed by atoms with van der Waals surface area (Å²) >= 11 is 0. The number of nitrogens with one attached hydrogen (secondary N) is 2. The number of aliphatic imine (C=N–C) groups is 1. The number of hydrogen-bond donors (Lipinski definition) is 2. The molecule has 1 unspecified atom stereocenters. The van der Waals surface area contributed by atoms with Gasteiger partial charge < -0.3 is 10.6 Å². The Labute approximate surface area is 144 Å². The summed E-state index contributed by atoms with van der Waals surface area (Å²) in [6, 6.07) is 7.90. The molecule has 1 atom stereocenters. The van der Waals surface area contributed by atoms with Gasteiger partial charge in [0.15, 0.2) is 5.96 Å². The maximum absolute atomic E-state index is 13.3. The first kappa shape index (κ1) is 17.2. The SMILES string of the molecule is CCNC(=NCc1cccc(F)c1)NC1CCN(C2CCCC2)C1. The standard InChI is InChI=1S/C19H29FN4/c1-2-21-19(22-13-15-6-5-7-16(20)12-15)23-17-10-11-24(14-17)18-8-3-4-9-18/h5-7,12,17-18H,2-4,8-11,13-14H2,1H3,(H2,21,22,23). The van der Waals surface area contributed by atoms with Gasteiger partial charge in [-0.05, 0) is 43.9 Å². The molecule has 1 aliphatic carbocycles. The third-order valence-corrected chi connectivity index (χ3v) is 5.05. The average Bonchev–Trinajstić information content (AvgIpc) is 3.24. The minimum absolute atomic E-state index is 0.205. The molecule has 1 saturated heterocycles. The molecule has 1 aromatic rings. The first-order valence-electron chi connectivity index (χ1n) is 9.28. The van der Waals surface area contributed by atoms with Gasteiger partial charge in [0.1, 0.15) is 5.82 Å². The van der Waals surface area contributed by atoms with E-state index in [2.05, 4.69) is 27.4 Å². The van der Waals surface area contributed by atoms with Crippen molar-refractivity contribution in [2.24, 2.45) is 4.99 Å². The van der Waals surface area contributed by atoms with Crippen molar-refractivity contribution in [3.63, 3.8) is 0 Å². The highest BCUT2D eigenvalue weighted by Crippen LogP contribution is 2.26. The highest BCUT2D eigenvalue weighted by molar-refractivity contribution is 5.80. The van der Waals surface area contributed by atoms with Gasteiger partial charge in [-0.25, -0.2) is 9.38 Å². The van der Waals surface area contributed by atoms with Crippen LogP contribution < -0.4 is 10.6 Å². The molecular weight excluding hydrogens is 303 g/mol.